The van der Waals surface area contributed by atoms with Crippen molar-refractivity contribution >= 4 is 17.6 Å². The Morgan fingerprint density at radius 3 is 2.21 bits per heavy atom. The first-order chi connectivity index (χ1) is 17.5. The van der Waals surface area contributed by atoms with Crippen LogP contribution in [0.25, 0.3) is 0 Å². The molecule has 1 aromatic rings. The number of benzene rings is 1. The van der Waals surface area contributed by atoms with Gasteiger partial charge < -0.3 is 19.1 Å². The van der Waals surface area contributed by atoms with Gasteiger partial charge in [0.1, 0.15) is 11.4 Å². The molecule has 0 radical (unpaired) electrons. The molecule has 1 saturated carbocycles. The predicted octanol–water partition coefficient (Wildman–Crippen LogP) is 6.02. The summed E-state index contributed by atoms with van der Waals surface area (Å²) in [6, 6.07) is 5.29. The molecular formula is C31H50N2O5. The number of amides is 1. The molecule has 1 amide bonds. The molecule has 2 aliphatic rings. The fourth-order valence-electron chi connectivity index (χ4n) is 5.26. The minimum absolute atomic E-state index is 0.0616. The summed E-state index contributed by atoms with van der Waals surface area (Å²) in [6.07, 6.45) is 5.51. The van der Waals surface area contributed by atoms with Gasteiger partial charge in [-0.25, -0.2) is 0 Å². The van der Waals surface area contributed by atoms with Crippen molar-refractivity contribution in [1.82, 2.24) is 5.32 Å². The normalized spacial score (nSPS) is 21.1. The summed E-state index contributed by atoms with van der Waals surface area (Å²) in [6.45, 7) is 19.0. The van der Waals surface area contributed by atoms with Gasteiger partial charge in [-0.1, -0.05) is 20.8 Å². The summed E-state index contributed by atoms with van der Waals surface area (Å²) in [7, 11) is 0. The molecule has 3 rings (SSSR count). The Labute approximate surface area is 230 Å². The standard InChI is InChI=1S/C31H50N2O5/c1-29(2,3)22-10-12-23(13-11-22)37-24-14-15-26-21(18-24)16-17-33(26)28(35)25(32-20-36-30(4,5)6)19-27(34)38-31(7,8)9/h14-15,18,22-23,25,32H,10-13,16-17,19-20H2,1-9H3. The van der Waals surface area contributed by atoms with Crippen molar-refractivity contribution in [2.75, 3.05) is 18.2 Å². The molecule has 1 aliphatic carbocycles. The second kappa shape index (κ2) is 12.0. The van der Waals surface area contributed by atoms with Crippen molar-refractivity contribution in [2.24, 2.45) is 11.3 Å². The minimum Gasteiger partial charge on any atom is -0.490 e. The van der Waals surface area contributed by atoms with Crippen LogP contribution in [0.3, 0.4) is 0 Å². The number of carbonyl (C=O) groups excluding carboxylic acids is 2. The zero-order valence-corrected chi connectivity index (χ0v) is 25.1. The zero-order valence-electron chi connectivity index (χ0n) is 25.1. The number of hydrogen-bond acceptors (Lipinski definition) is 6. The number of rotatable bonds is 8. The summed E-state index contributed by atoms with van der Waals surface area (Å²) < 4.78 is 17.7. The lowest BCUT2D eigenvalue weighted by molar-refractivity contribution is -0.156. The van der Waals surface area contributed by atoms with Crippen LogP contribution in [-0.4, -0.2) is 48.5 Å². The van der Waals surface area contributed by atoms with Gasteiger partial charge in [-0.3, -0.25) is 14.9 Å². The lowest BCUT2D eigenvalue weighted by Gasteiger charge is -2.37. The predicted molar refractivity (Wildman–Crippen MR) is 151 cm³/mol. The Hall–Kier alpha value is -2.12. The molecule has 1 heterocycles. The third-order valence-corrected chi connectivity index (χ3v) is 7.34. The van der Waals surface area contributed by atoms with Gasteiger partial charge in [-0.05, 0) is 109 Å². The largest absolute Gasteiger partial charge is 0.490 e. The number of esters is 1. The van der Waals surface area contributed by atoms with E-state index in [4.69, 9.17) is 14.2 Å². The quantitative estimate of drug-likeness (QED) is 0.327. The Kier molecular flexibility index (Phi) is 9.57. The molecule has 7 nitrogen and oxygen atoms in total. The van der Waals surface area contributed by atoms with Crippen molar-refractivity contribution in [1.29, 1.82) is 0 Å². The van der Waals surface area contributed by atoms with E-state index in [1.807, 2.05) is 53.7 Å². The summed E-state index contributed by atoms with van der Waals surface area (Å²) in [5.74, 6) is 1.06. The molecule has 1 unspecified atom stereocenters. The molecule has 214 valence electrons. The molecule has 0 spiro atoms. The van der Waals surface area contributed by atoms with Crippen molar-refractivity contribution in [2.45, 2.75) is 124 Å². The lowest BCUT2D eigenvalue weighted by atomic mass is 9.72. The van der Waals surface area contributed by atoms with E-state index >= 15 is 0 Å². The molecule has 1 aliphatic heterocycles. The minimum atomic E-state index is -0.743. The molecular weight excluding hydrogens is 480 g/mol. The molecule has 1 atom stereocenters. The van der Waals surface area contributed by atoms with Gasteiger partial charge in [-0.2, -0.15) is 0 Å². The van der Waals surface area contributed by atoms with E-state index < -0.39 is 17.6 Å². The summed E-state index contributed by atoms with van der Waals surface area (Å²) >= 11 is 0. The Morgan fingerprint density at radius 1 is 0.974 bits per heavy atom. The Balaban J connectivity index is 1.66. The van der Waals surface area contributed by atoms with Crippen molar-refractivity contribution in [3.8, 4) is 5.75 Å². The zero-order chi connectivity index (χ0) is 28.3. The van der Waals surface area contributed by atoms with E-state index in [2.05, 4.69) is 32.2 Å². The van der Waals surface area contributed by atoms with Crippen molar-refractivity contribution in [3.05, 3.63) is 23.8 Å². The maximum absolute atomic E-state index is 13.6. The van der Waals surface area contributed by atoms with E-state index in [9.17, 15) is 9.59 Å². The molecule has 38 heavy (non-hydrogen) atoms. The first kappa shape index (κ1) is 30.4. The molecule has 0 aromatic heterocycles. The highest BCUT2D eigenvalue weighted by atomic mass is 16.6. The highest BCUT2D eigenvalue weighted by Gasteiger charge is 2.34. The molecule has 7 heteroatoms. The third-order valence-electron chi connectivity index (χ3n) is 7.34. The van der Waals surface area contributed by atoms with Crippen LogP contribution in [0, 0.1) is 11.3 Å². The average Bonchev–Trinajstić information content (AvgIpc) is 3.19. The van der Waals surface area contributed by atoms with Crippen LogP contribution in [0.4, 0.5) is 5.69 Å². The maximum Gasteiger partial charge on any atom is 0.308 e. The highest BCUT2D eigenvalue weighted by Crippen LogP contribution is 2.39. The second-order valence-electron chi connectivity index (χ2n) is 13.9. The Morgan fingerprint density at radius 2 is 1.63 bits per heavy atom. The molecule has 0 bridgehead atoms. The number of nitrogens with zero attached hydrogens (tertiary/aromatic N) is 1. The van der Waals surface area contributed by atoms with Crippen molar-refractivity contribution < 1.29 is 23.8 Å². The number of fused-ring (bicyclic) bond motifs is 1. The SMILES string of the molecule is CC(C)(C)OCNC(CC(=O)OC(C)(C)C)C(=O)N1CCc2cc(OC3CCC(C(C)(C)C)CC3)ccc21. The van der Waals surface area contributed by atoms with Crippen LogP contribution in [0.2, 0.25) is 0 Å². The van der Waals surface area contributed by atoms with Gasteiger partial charge in [0.05, 0.1) is 30.9 Å². The van der Waals surface area contributed by atoms with E-state index in [1.54, 1.807) is 4.90 Å². The number of anilines is 1. The summed E-state index contributed by atoms with van der Waals surface area (Å²) in [4.78, 5) is 28.0. The average molecular weight is 531 g/mol. The Bertz CT molecular complexity index is 962. The smallest absolute Gasteiger partial charge is 0.308 e. The molecule has 0 saturated heterocycles. The van der Waals surface area contributed by atoms with E-state index in [1.165, 1.54) is 12.8 Å². The van der Waals surface area contributed by atoms with Crippen LogP contribution >= 0.6 is 0 Å². The van der Waals surface area contributed by atoms with Crippen LogP contribution in [0.1, 0.15) is 100.0 Å². The lowest BCUT2D eigenvalue weighted by Crippen LogP contribution is -2.49. The first-order valence-corrected chi connectivity index (χ1v) is 14.2. The number of hydrogen-bond donors (Lipinski definition) is 1. The van der Waals surface area contributed by atoms with Gasteiger partial charge >= 0.3 is 5.97 Å². The monoisotopic (exact) mass is 530 g/mol. The van der Waals surface area contributed by atoms with Crippen molar-refractivity contribution in [3.63, 3.8) is 0 Å². The first-order valence-electron chi connectivity index (χ1n) is 14.2. The maximum atomic E-state index is 13.6. The van der Waals surface area contributed by atoms with E-state index in [0.717, 1.165) is 42.2 Å². The third kappa shape index (κ3) is 8.98. The number of carbonyl (C=O) groups is 2. The fraction of sp³-hybridized carbons (Fsp3) is 0.742. The topological polar surface area (TPSA) is 77.1 Å². The van der Waals surface area contributed by atoms with Crippen LogP contribution in [-0.2, 0) is 25.5 Å². The number of ether oxygens (including phenoxy) is 3. The van der Waals surface area contributed by atoms with Gasteiger partial charge in [0.25, 0.3) is 0 Å². The second-order valence-corrected chi connectivity index (χ2v) is 13.9. The summed E-state index contributed by atoms with van der Waals surface area (Å²) in [5, 5.41) is 3.14. The fourth-order valence-corrected chi connectivity index (χ4v) is 5.26. The van der Waals surface area contributed by atoms with Gasteiger partial charge in [0, 0.05) is 12.2 Å². The van der Waals surface area contributed by atoms with Gasteiger partial charge in [0.15, 0.2) is 0 Å². The highest BCUT2D eigenvalue weighted by molar-refractivity contribution is 6.00. The van der Waals surface area contributed by atoms with Crippen LogP contribution in [0.15, 0.2) is 18.2 Å². The van der Waals surface area contributed by atoms with E-state index in [-0.39, 0.29) is 30.8 Å². The number of nitrogens with one attached hydrogen (secondary N) is 1. The van der Waals surface area contributed by atoms with Gasteiger partial charge in [0.2, 0.25) is 5.91 Å². The molecule has 1 fully saturated rings. The molecule has 1 aromatic carbocycles. The van der Waals surface area contributed by atoms with Gasteiger partial charge in [-0.15, -0.1) is 0 Å². The summed E-state index contributed by atoms with van der Waals surface area (Å²) in [5.41, 5.74) is 1.35. The van der Waals surface area contributed by atoms with Crippen LogP contribution < -0.4 is 15.0 Å². The van der Waals surface area contributed by atoms with Crippen LogP contribution in [0.5, 0.6) is 5.75 Å². The van der Waals surface area contributed by atoms with E-state index in [0.29, 0.717) is 12.0 Å². The molecule has 1 N–H and O–H groups in total.